The van der Waals surface area contributed by atoms with Crippen molar-refractivity contribution in [2.24, 2.45) is 0 Å². The lowest BCUT2D eigenvalue weighted by atomic mass is 10.1. The lowest BCUT2D eigenvalue weighted by molar-refractivity contribution is 0.143. The van der Waals surface area contributed by atoms with E-state index in [4.69, 9.17) is 14.6 Å². The quantitative estimate of drug-likeness (QED) is 0.731. The zero-order valence-electron chi connectivity index (χ0n) is 13.4. The van der Waals surface area contributed by atoms with E-state index in [2.05, 4.69) is 29.4 Å². The third kappa shape index (κ3) is 4.40. The van der Waals surface area contributed by atoms with E-state index in [9.17, 15) is 0 Å². The highest BCUT2D eigenvalue weighted by Gasteiger charge is 2.10. The fraction of sp³-hybridized carbons (Fsp3) is 0.471. The summed E-state index contributed by atoms with van der Waals surface area (Å²) in [6, 6.07) is 8.27. The van der Waals surface area contributed by atoms with Gasteiger partial charge in [-0.25, -0.2) is 4.98 Å². The number of aryl methyl sites for hydroxylation is 1. The molecule has 22 heavy (non-hydrogen) atoms. The van der Waals surface area contributed by atoms with Crippen LogP contribution < -0.4 is 10.1 Å². The molecule has 0 amide bonds. The Bertz CT molecular complexity index is 616. The van der Waals surface area contributed by atoms with E-state index in [0.29, 0.717) is 25.6 Å². The molecule has 120 valence electrons. The monoisotopic (exact) mass is 304 g/mol. The number of nitrogens with zero attached hydrogens (tertiary/aromatic N) is 1. The Balaban J connectivity index is 2.28. The van der Waals surface area contributed by atoms with Gasteiger partial charge < -0.3 is 19.9 Å². The lowest BCUT2D eigenvalue weighted by Gasteiger charge is -2.15. The molecule has 2 rings (SSSR count). The van der Waals surface area contributed by atoms with Crippen molar-refractivity contribution in [2.45, 2.75) is 26.4 Å². The molecule has 0 aliphatic rings. The maximum Gasteiger partial charge on any atom is 0.218 e. The molecule has 1 atom stereocenters. The van der Waals surface area contributed by atoms with Crippen molar-refractivity contribution >= 4 is 10.9 Å². The van der Waals surface area contributed by atoms with Crippen molar-refractivity contribution in [3.63, 3.8) is 0 Å². The van der Waals surface area contributed by atoms with E-state index in [0.717, 1.165) is 16.5 Å². The molecular weight excluding hydrogens is 280 g/mol. The summed E-state index contributed by atoms with van der Waals surface area (Å²) in [5.41, 5.74) is 3.09. The van der Waals surface area contributed by atoms with Crippen LogP contribution in [0, 0.1) is 6.92 Å². The minimum Gasteiger partial charge on any atom is -0.475 e. The van der Waals surface area contributed by atoms with Crippen molar-refractivity contribution in [3.05, 3.63) is 35.4 Å². The molecule has 2 N–H and O–H groups in total. The molecule has 1 unspecified atom stereocenters. The highest BCUT2D eigenvalue weighted by molar-refractivity contribution is 5.80. The number of benzene rings is 1. The normalized spacial score (nSPS) is 12.5. The molecule has 1 aromatic heterocycles. The first-order chi connectivity index (χ1) is 10.6. The number of aromatic nitrogens is 1. The maximum atomic E-state index is 9.14. The number of rotatable bonds is 8. The molecule has 0 aliphatic heterocycles. The number of pyridine rings is 1. The second kappa shape index (κ2) is 8.08. The molecule has 2 aromatic rings. The fourth-order valence-electron chi connectivity index (χ4n) is 2.14. The average Bonchev–Trinajstić information content (AvgIpc) is 2.52. The van der Waals surface area contributed by atoms with Crippen LogP contribution >= 0.6 is 0 Å². The van der Waals surface area contributed by atoms with Crippen molar-refractivity contribution in [1.29, 1.82) is 0 Å². The van der Waals surface area contributed by atoms with Gasteiger partial charge in [0.2, 0.25) is 5.88 Å². The second-order valence-corrected chi connectivity index (χ2v) is 5.45. The zero-order chi connectivity index (χ0) is 15.9. The van der Waals surface area contributed by atoms with E-state index in [1.807, 2.05) is 19.1 Å². The van der Waals surface area contributed by atoms with Crippen LogP contribution in [-0.4, -0.2) is 43.1 Å². The SMILES string of the molecule is COCCOc1nc2ccc(C)cc2cc1CNC(C)CO. The first-order valence-electron chi connectivity index (χ1n) is 7.50. The highest BCUT2D eigenvalue weighted by atomic mass is 16.5. The van der Waals surface area contributed by atoms with Crippen molar-refractivity contribution < 1.29 is 14.6 Å². The Morgan fingerprint density at radius 2 is 2.09 bits per heavy atom. The number of nitrogens with one attached hydrogen (secondary N) is 1. The number of aliphatic hydroxyl groups is 1. The molecule has 0 bridgehead atoms. The molecule has 5 nitrogen and oxygen atoms in total. The molecular formula is C17H24N2O3. The lowest BCUT2D eigenvalue weighted by Crippen LogP contribution is -2.29. The maximum absolute atomic E-state index is 9.14. The summed E-state index contributed by atoms with van der Waals surface area (Å²) in [5, 5.41) is 13.5. The van der Waals surface area contributed by atoms with E-state index < -0.39 is 0 Å². The molecule has 0 saturated heterocycles. The van der Waals surface area contributed by atoms with E-state index in [-0.39, 0.29) is 12.6 Å². The summed E-state index contributed by atoms with van der Waals surface area (Å²) in [5.74, 6) is 0.617. The summed E-state index contributed by atoms with van der Waals surface area (Å²) in [7, 11) is 1.64. The molecule has 0 saturated carbocycles. The van der Waals surface area contributed by atoms with Gasteiger partial charge in [0.15, 0.2) is 0 Å². The summed E-state index contributed by atoms with van der Waals surface area (Å²) >= 11 is 0. The third-order valence-electron chi connectivity index (χ3n) is 3.45. The number of methoxy groups -OCH3 is 1. The van der Waals surface area contributed by atoms with Gasteiger partial charge >= 0.3 is 0 Å². The molecule has 0 radical (unpaired) electrons. The predicted octanol–water partition coefficient (Wildman–Crippen LogP) is 2.04. The van der Waals surface area contributed by atoms with Crippen LogP contribution in [-0.2, 0) is 11.3 Å². The molecule has 1 aromatic carbocycles. The Labute approximate surface area is 131 Å². The summed E-state index contributed by atoms with van der Waals surface area (Å²) in [4.78, 5) is 4.61. The van der Waals surface area contributed by atoms with Crippen LogP contribution in [0.25, 0.3) is 10.9 Å². The zero-order valence-corrected chi connectivity index (χ0v) is 13.4. The molecule has 5 heteroatoms. The van der Waals surface area contributed by atoms with Crippen molar-refractivity contribution in [1.82, 2.24) is 10.3 Å². The van der Waals surface area contributed by atoms with E-state index >= 15 is 0 Å². The molecule has 0 aliphatic carbocycles. The minimum absolute atomic E-state index is 0.0278. The van der Waals surface area contributed by atoms with Gasteiger partial charge in [0, 0.05) is 30.6 Å². The number of fused-ring (bicyclic) bond motifs is 1. The smallest absolute Gasteiger partial charge is 0.218 e. The van der Waals surface area contributed by atoms with Crippen LogP contribution in [0.15, 0.2) is 24.3 Å². The standard InChI is InChI=1S/C17H24N2O3/c1-12-4-5-16-14(8-12)9-15(10-18-13(2)11-20)17(19-16)22-7-6-21-3/h4-5,8-9,13,18,20H,6-7,10-11H2,1-3H3. The number of hydrogen-bond donors (Lipinski definition) is 2. The minimum atomic E-state index is 0.0278. The van der Waals surface area contributed by atoms with Gasteiger partial charge in [-0.15, -0.1) is 0 Å². The Morgan fingerprint density at radius 3 is 2.82 bits per heavy atom. The Morgan fingerprint density at radius 1 is 1.27 bits per heavy atom. The average molecular weight is 304 g/mol. The van der Waals surface area contributed by atoms with Crippen LogP contribution in [0.5, 0.6) is 5.88 Å². The topological polar surface area (TPSA) is 63.6 Å². The van der Waals surface area contributed by atoms with E-state index in [1.165, 1.54) is 5.56 Å². The van der Waals surface area contributed by atoms with Crippen LogP contribution in [0.1, 0.15) is 18.1 Å². The van der Waals surface area contributed by atoms with Gasteiger partial charge in [0.05, 0.1) is 18.7 Å². The summed E-state index contributed by atoms with van der Waals surface area (Å²) < 4.78 is 10.8. The Hall–Kier alpha value is -1.69. The number of ether oxygens (including phenoxy) is 2. The van der Waals surface area contributed by atoms with Crippen molar-refractivity contribution in [2.75, 3.05) is 26.9 Å². The van der Waals surface area contributed by atoms with Crippen molar-refractivity contribution in [3.8, 4) is 5.88 Å². The fourth-order valence-corrected chi connectivity index (χ4v) is 2.14. The highest BCUT2D eigenvalue weighted by Crippen LogP contribution is 2.23. The number of hydrogen-bond acceptors (Lipinski definition) is 5. The first kappa shape index (κ1) is 16.7. The third-order valence-corrected chi connectivity index (χ3v) is 3.45. The van der Waals surface area contributed by atoms with Gasteiger partial charge in [-0.2, -0.15) is 0 Å². The predicted molar refractivity (Wildman–Crippen MR) is 87.2 cm³/mol. The Kier molecular flexibility index (Phi) is 6.12. The second-order valence-electron chi connectivity index (χ2n) is 5.45. The van der Waals surface area contributed by atoms with Gasteiger partial charge in [-0.05, 0) is 32.0 Å². The molecule has 0 fully saturated rings. The van der Waals surface area contributed by atoms with Gasteiger partial charge in [0.1, 0.15) is 6.61 Å². The van der Waals surface area contributed by atoms with E-state index in [1.54, 1.807) is 7.11 Å². The summed E-state index contributed by atoms with van der Waals surface area (Å²) in [6.45, 7) is 5.68. The number of aliphatic hydroxyl groups excluding tert-OH is 1. The van der Waals surface area contributed by atoms with Gasteiger partial charge in [-0.1, -0.05) is 11.6 Å². The van der Waals surface area contributed by atoms with Gasteiger partial charge in [0.25, 0.3) is 0 Å². The van der Waals surface area contributed by atoms with Gasteiger partial charge in [-0.3, -0.25) is 0 Å². The van der Waals surface area contributed by atoms with Crippen LogP contribution in [0.3, 0.4) is 0 Å². The molecule has 0 spiro atoms. The summed E-state index contributed by atoms with van der Waals surface area (Å²) in [6.07, 6.45) is 0. The molecule has 1 heterocycles. The van der Waals surface area contributed by atoms with Crippen LogP contribution in [0.4, 0.5) is 0 Å². The van der Waals surface area contributed by atoms with Crippen LogP contribution in [0.2, 0.25) is 0 Å². The largest absolute Gasteiger partial charge is 0.475 e. The first-order valence-corrected chi connectivity index (χ1v) is 7.50.